The Morgan fingerprint density at radius 1 is 1.07 bits per heavy atom. The molecule has 15 heavy (non-hydrogen) atoms. The van der Waals surface area contributed by atoms with Gasteiger partial charge in [0, 0.05) is 12.6 Å². The van der Waals surface area contributed by atoms with Crippen LogP contribution in [0, 0.1) is 0 Å². The predicted octanol–water partition coefficient (Wildman–Crippen LogP) is 3.10. The Kier molecular flexibility index (Phi) is 8.07. The maximum Gasteiger partial charge on any atom is 0.0743 e. The summed E-state index contributed by atoms with van der Waals surface area (Å²) in [4.78, 5) is 0. The first-order chi connectivity index (χ1) is 7.05. The second-order valence-electron chi connectivity index (χ2n) is 4.90. The topological polar surface area (TPSA) is 32.3 Å². The van der Waals surface area contributed by atoms with E-state index in [0.717, 1.165) is 19.4 Å². The molecule has 92 valence electrons. The Morgan fingerprint density at radius 3 is 2.00 bits per heavy atom. The van der Waals surface area contributed by atoms with Gasteiger partial charge in [0.15, 0.2) is 0 Å². The SMILES string of the molecule is CCCC(CCC)NCC(C)(O)CCC. The van der Waals surface area contributed by atoms with Gasteiger partial charge in [0.05, 0.1) is 5.60 Å². The zero-order valence-electron chi connectivity index (χ0n) is 11.0. The maximum atomic E-state index is 10.0. The molecule has 0 aromatic heterocycles. The fourth-order valence-corrected chi connectivity index (χ4v) is 2.04. The van der Waals surface area contributed by atoms with Crippen LogP contribution in [0.15, 0.2) is 0 Å². The number of nitrogens with one attached hydrogen (secondary N) is 1. The van der Waals surface area contributed by atoms with Crippen LogP contribution in [0.25, 0.3) is 0 Å². The number of aliphatic hydroxyl groups is 1. The second kappa shape index (κ2) is 8.12. The van der Waals surface area contributed by atoms with E-state index < -0.39 is 5.60 Å². The van der Waals surface area contributed by atoms with E-state index in [1.807, 2.05) is 6.92 Å². The number of hydrogen-bond donors (Lipinski definition) is 2. The zero-order chi connectivity index (χ0) is 11.7. The van der Waals surface area contributed by atoms with E-state index in [1.54, 1.807) is 0 Å². The van der Waals surface area contributed by atoms with Crippen molar-refractivity contribution in [3.63, 3.8) is 0 Å². The van der Waals surface area contributed by atoms with Gasteiger partial charge >= 0.3 is 0 Å². The van der Waals surface area contributed by atoms with Crippen LogP contribution in [0.4, 0.5) is 0 Å². The van der Waals surface area contributed by atoms with Crippen LogP contribution in [0.3, 0.4) is 0 Å². The molecule has 2 heteroatoms. The monoisotopic (exact) mass is 215 g/mol. The molecule has 0 saturated carbocycles. The molecule has 0 aliphatic carbocycles. The van der Waals surface area contributed by atoms with E-state index in [-0.39, 0.29) is 0 Å². The Hall–Kier alpha value is -0.0800. The highest BCUT2D eigenvalue weighted by molar-refractivity contribution is 4.77. The maximum absolute atomic E-state index is 10.0. The van der Waals surface area contributed by atoms with E-state index in [1.165, 1.54) is 25.7 Å². The van der Waals surface area contributed by atoms with E-state index >= 15 is 0 Å². The molecule has 0 bridgehead atoms. The molecule has 2 N–H and O–H groups in total. The summed E-state index contributed by atoms with van der Waals surface area (Å²) in [6.07, 6.45) is 6.79. The van der Waals surface area contributed by atoms with Gasteiger partial charge in [-0.2, -0.15) is 0 Å². The summed E-state index contributed by atoms with van der Waals surface area (Å²) in [5.74, 6) is 0. The van der Waals surface area contributed by atoms with Crippen LogP contribution < -0.4 is 5.32 Å². The van der Waals surface area contributed by atoms with Crippen LogP contribution in [0.1, 0.15) is 66.2 Å². The van der Waals surface area contributed by atoms with E-state index in [4.69, 9.17) is 0 Å². The van der Waals surface area contributed by atoms with Crippen molar-refractivity contribution in [2.45, 2.75) is 77.9 Å². The van der Waals surface area contributed by atoms with E-state index in [2.05, 4.69) is 26.1 Å². The van der Waals surface area contributed by atoms with Gasteiger partial charge in [-0.25, -0.2) is 0 Å². The van der Waals surface area contributed by atoms with E-state index in [0.29, 0.717) is 6.04 Å². The molecule has 0 aromatic rings. The van der Waals surface area contributed by atoms with Crippen molar-refractivity contribution in [2.75, 3.05) is 6.54 Å². The summed E-state index contributed by atoms with van der Waals surface area (Å²) in [6.45, 7) is 9.21. The molecular weight excluding hydrogens is 186 g/mol. The largest absolute Gasteiger partial charge is 0.389 e. The third-order valence-corrected chi connectivity index (χ3v) is 2.83. The lowest BCUT2D eigenvalue weighted by Gasteiger charge is -2.27. The molecule has 0 radical (unpaired) electrons. The minimum Gasteiger partial charge on any atom is -0.389 e. The Labute approximate surface area is 95.5 Å². The fourth-order valence-electron chi connectivity index (χ4n) is 2.04. The van der Waals surface area contributed by atoms with Gasteiger partial charge < -0.3 is 10.4 Å². The molecule has 0 fully saturated rings. The van der Waals surface area contributed by atoms with Gasteiger partial charge in [-0.1, -0.05) is 40.0 Å². The predicted molar refractivity (Wildman–Crippen MR) is 67.1 cm³/mol. The van der Waals surface area contributed by atoms with Crippen molar-refractivity contribution in [3.8, 4) is 0 Å². The molecule has 0 aromatic carbocycles. The van der Waals surface area contributed by atoms with Crippen molar-refractivity contribution in [3.05, 3.63) is 0 Å². The number of rotatable bonds is 9. The number of hydrogen-bond acceptors (Lipinski definition) is 2. The Bertz CT molecular complexity index is 139. The molecule has 1 atom stereocenters. The Balaban J connectivity index is 3.85. The molecule has 0 aliphatic rings. The van der Waals surface area contributed by atoms with Gasteiger partial charge in [-0.05, 0) is 26.2 Å². The lowest BCUT2D eigenvalue weighted by molar-refractivity contribution is 0.0464. The van der Waals surface area contributed by atoms with Crippen LogP contribution in [0.5, 0.6) is 0 Å². The summed E-state index contributed by atoms with van der Waals surface area (Å²) in [7, 11) is 0. The lowest BCUT2D eigenvalue weighted by Crippen LogP contribution is -2.42. The van der Waals surface area contributed by atoms with Crippen LogP contribution in [-0.4, -0.2) is 23.3 Å². The average Bonchev–Trinajstić information content (AvgIpc) is 2.15. The van der Waals surface area contributed by atoms with Gasteiger partial charge in [-0.15, -0.1) is 0 Å². The lowest BCUT2D eigenvalue weighted by atomic mass is 9.99. The summed E-state index contributed by atoms with van der Waals surface area (Å²) in [5.41, 5.74) is -0.533. The van der Waals surface area contributed by atoms with Crippen LogP contribution in [-0.2, 0) is 0 Å². The van der Waals surface area contributed by atoms with Gasteiger partial charge in [-0.3, -0.25) is 0 Å². The fraction of sp³-hybridized carbons (Fsp3) is 1.00. The highest BCUT2D eigenvalue weighted by Crippen LogP contribution is 2.12. The Morgan fingerprint density at radius 2 is 1.60 bits per heavy atom. The molecule has 0 saturated heterocycles. The van der Waals surface area contributed by atoms with Crippen molar-refractivity contribution >= 4 is 0 Å². The van der Waals surface area contributed by atoms with Crippen molar-refractivity contribution in [1.82, 2.24) is 5.32 Å². The molecule has 1 unspecified atom stereocenters. The average molecular weight is 215 g/mol. The third kappa shape index (κ3) is 7.80. The molecule has 0 heterocycles. The molecule has 0 rings (SSSR count). The molecule has 0 spiro atoms. The summed E-state index contributed by atoms with van der Waals surface area (Å²) >= 11 is 0. The van der Waals surface area contributed by atoms with Crippen molar-refractivity contribution in [1.29, 1.82) is 0 Å². The normalized spacial score (nSPS) is 15.6. The quantitative estimate of drug-likeness (QED) is 0.619. The van der Waals surface area contributed by atoms with Crippen LogP contribution >= 0.6 is 0 Å². The molecular formula is C13H29NO. The van der Waals surface area contributed by atoms with E-state index in [9.17, 15) is 5.11 Å². The van der Waals surface area contributed by atoms with Gasteiger partial charge in [0.2, 0.25) is 0 Å². The minimum atomic E-state index is -0.533. The third-order valence-electron chi connectivity index (χ3n) is 2.83. The smallest absolute Gasteiger partial charge is 0.0743 e. The summed E-state index contributed by atoms with van der Waals surface area (Å²) in [6, 6.07) is 0.586. The van der Waals surface area contributed by atoms with Crippen LogP contribution in [0.2, 0.25) is 0 Å². The first-order valence-electron chi connectivity index (χ1n) is 6.51. The minimum absolute atomic E-state index is 0.533. The zero-order valence-corrected chi connectivity index (χ0v) is 11.0. The molecule has 0 amide bonds. The molecule has 0 aliphatic heterocycles. The van der Waals surface area contributed by atoms with Gasteiger partial charge in [0.25, 0.3) is 0 Å². The summed E-state index contributed by atoms with van der Waals surface area (Å²) in [5, 5.41) is 13.5. The first-order valence-corrected chi connectivity index (χ1v) is 6.51. The summed E-state index contributed by atoms with van der Waals surface area (Å²) < 4.78 is 0. The highest BCUT2D eigenvalue weighted by atomic mass is 16.3. The highest BCUT2D eigenvalue weighted by Gasteiger charge is 2.20. The van der Waals surface area contributed by atoms with Crippen molar-refractivity contribution in [2.24, 2.45) is 0 Å². The molecule has 2 nitrogen and oxygen atoms in total. The standard InChI is InChI=1S/C13H29NO/c1-5-8-12(9-6-2)14-11-13(4,15)10-7-3/h12,14-15H,5-11H2,1-4H3. The first kappa shape index (κ1) is 14.9. The second-order valence-corrected chi connectivity index (χ2v) is 4.90. The van der Waals surface area contributed by atoms with Crippen molar-refractivity contribution < 1.29 is 5.11 Å². The van der Waals surface area contributed by atoms with Gasteiger partial charge in [0.1, 0.15) is 0 Å².